The highest BCUT2D eigenvalue weighted by molar-refractivity contribution is 5.65. The third-order valence-corrected chi connectivity index (χ3v) is 3.83. The highest BCUT2D eigenvalue weighted by Crippen LogP contribution is 2.41. The number of phenolic OH excluding ortho intramolecular Hbond substituents is 1. The first kappa shape index (κ1) is 13.8. The minimum Gasteiger partial charge on any atom is -0.506 e. The monoisotopic (exact) mass is 293 g/mol. The summed E-state index contributed by atoms with van der Waals surface area (Å²) in [6.45, 7) is 0.677. The maximum absolute atomic E-state index is 12.6. The Kier molecular flexibility index (Phi) is 3.27. The number of nitrogens with one attached hydrogen (secondary N) is 1. The maximum Gasteiger partial charge on any atom is 0.416 e. The van der Waals surface area contributed by atoms with Crippen LogP contribution in [-0.4, -0.2) is 11.7 Å². The quantitative estimate of drug-likeness (QED) is 0.766. The molecule has 0 aromatic heterocycles. The van der Waals surface area contributed by atoms with Gasteiger partial charge in [0.25, 0.3) is 0 Å². The zero-order valence-electron chi connectivity index (χ0n) is 11.1. The van der Waals surface area contributed by atoms with Crippen molar-refractivity contribution in [1.29, 1.82) is 0 Å². The molecular weight excluding hydrogens is 279 g/mol. The molecular formula is C16H14F3NO. The molecule has 0 amide bonds. The van der Waals surface area contributed by atoms with E-state index in [1.807, 2.05) is 6.07 Å². The van der Waals surface area contributed by atoms with Crippen LogP contribution < -0.4 is 5.32 Å². The number of anilines is 1. The van der Waals surface area contributed by atoms with E-state index in [0.29, 0.717) is 12.2 Å². The lowest BCUT2D eigenvalue weighted by molar-refractivity contribution is -0.137. The van der Waals surface area contributed by atoms with Crippen molar-refractivity contribution in [2.45, 2.75) is 18.5 Å². The molecule has 0 bridgehead atoms. The molecule has 0 saturated heterocycles. The summed E-state index contributed by atoms with van der Waals surface area (Å²) in [6.07, 6.45) is -3.54. The van der Waals surface area contributed by atoms with Crippen molar-refractivity contribution in [3.63, 3.8) is 0 Å². The van der Waals surface area contributed by atoms with Crippen molar-refractivity contribution in [3.8, 4) is 5.75 Å². The van der Waals surface area contributed by atoms with Gasteiger partial charge < -0.3 is 10.4 Å². The number of benzene rings is 2. The van der Waals surface area contributed by atoms with Crippen LogP contribution in [0.2, 0.25) is 0 Å². The fourth-order valence-corrected chi connectivity index (χ4v) is 2.79. The summed E-state index contributed by atoms with van der Waals surface area (Å²) in [5.41, 5.74) is 1.78. The second-order valence-electron chi connectivity index (χ2n) is 5.13. The predicted octanol–water partition coefficient (Wildman–Crippen LogP) is 4.36. The number of hydrogen-bond donors (Lipinski definition) is 2. The molecule has 0 spiro atoms. The van der Waals surface area contributed by atoms with E-state index in [9.17, 15) is 18.3 Å². The third-order valence-electron chi connectivity index (χ3n) is 3.83. The number of fused-ring (bicyclic) bond motifs is 1. The highest BCUT2D eigenvalue weighted by atomic mass is 19.4. The first-order chi connectivity index (χ1) is 9.97. The zero-order chi connectivity index (χ0) is 15.0. The average molecular weight is 293 g/mol. The summed E-state index contributed by atoms with van der Waals surface area (Å²) in [7, 11) is 0. The van der Waals surface area contributed by atoms with Crippen LogP contribution in [0.1, 0.15) is 29.0 Å². The lowest BCUT2D eigenvalue weighted by Gasteiger charge is -2.27. The van der Waals surface area contributed by atoms with Gasteiger partial charge in [-0.2, -0.15) is 13.2 Å². The van der Waals surface area contributed by atoms with E-state index in [0.717, 1.165) is 29.7 Å². The fraction of sp³-hybridized carbons (Fsp3) is 0.250. The number of aromatic hydroxyl groups is 1. The smallest absolute Gasteiger partial charge is 0.416 e. The van der Waals surface area contributed by atoms with Gasteiger partial charge in [-0.1, -0.05) is 24.3 Å². The summed E-state index contributed by atoms with van der Waals surface area (Å²) in [5, 5.41) is 13.0. The topological polar surface area (TPSA) is 32.3 Å². The lowest BCUT2D eigenvalue weighted by Crippen LogP contribution is -2.17. The molecule has 21 heavy (non-hydrogen) atoms. The van der Waals surface area contributed by atoms with Crippen LogP contribution in [0.4, 0.5) is 18.9 Å². The predicted molar refractivity (Wildman–Crippen MR) is 74.5 cm³/mol. The second-order valence-corrected chi connectivity index (χ2v) is 5.13. The summed E-state index contributed by atoms with van der Waals surface area (Å²) in [4.78, 5) is 0. The fourth-order valence-electron chi connectivity index (χ4n) is 2.79. The Morgan fingerprint density at radius 2 is 1.76 bits per heavy atom. The minimum atomic E-state index is -4.32. The molecule has 2 aromatic rings. The molecule has 0 fully saturated rings. The Hall–Kier alpha value is -2.17. The van der Waals surface area contributed by atoms with Crippen molar-refractivity contribution in [1.82, 2.24) is 0 Å². The van der Waals surface area contributed by atoms with Crippen LogP contribution in [0.3, 0.4) is 0 Å². The van der Waals surface area contributed by atoms with Gasteiger partial charge in [-0.05, 0) is 35.7 Å². The summed E-state index contributed by atoms with van der Waals surface area (Å²) < 4.78 is 37.8. The molecule has 1 unspecified atom stereocenters. The van der Waals surface area contributed by atoms with Crippen molar-refractivity contribution in [2.75, 3.05) is 11.9 Å². The molecule has 1 atom stereocenters. The Bertz CT molecular complexity index is 650. The molecule has 110 valence electrons. The van der Waals surface area contributed by atoms with Gasteiger partial charge in [0, 0.05) is 12.5 Å². The third kappa shape index (κ3) is 2.55. The second kappa shape index (κ2) is 4.98. The standard InChI is InChI=1S/C16H14F3NO/c17-16(18,19)11-6-4-10(5-7-11)12-8-9-20-15-13(12)2-1-3-14(15)21/h1-7,12,20-21H,8-9H2. The SMILES string of the molecule is Oc1cccc2c1NCCC2c1ccc(C(F)(F)F)cc1. The molecule has 3 rings (SSSR count). The molecule has 1 aliphatic rings. The number of phenols is 1. The Morgan fingerprint density at radius 3 is 2.43 bits per heavy atom. The summed E-state index contributed by atoms with van der Waals surface area (Å²) in [6, 6.07) is 10.5. The average Bonchev–Trinajstić information content (AvgIpc) is 2.46. The summed E-state index contributed by atoms with van der Waals surface area (Å²) >= 11 is 0. The van der Waals surface area contributed by atoms with Crippen molar-refractivity contribution in [2.24, 2.45) is 0 Å². The number of alkyl halides is 3. The number of para-hydroxylation sites is 1. The normalized spacial score (nSPS) is 18.0. The van der Waals surface area contributed by atoms with Crippen molar-refractivity contribution in [3.05, 3.63) is 59.2 Å². The summed E-state index contributed by atoms with van der Waals surface area (Å²) in [5.74, 6) is 0.166. The zero-order valence-corrected chi connectivity index (χ0v) is 11.1. The van der Waals surface area contributed by atoms with Crippen LogP contribution in [0, 0.1) is 0 Å². The Morgan fingerprint density at radius 1 is 1.05 bits per heavy atom. The van der Waals surface area contributed by atoms with Gasteiger partial charge in [0.05, 0.1) is 11.3 Å². The Labute approximate surface area is 120 Å². The van der Waals surface area contributed by atoms with E-state index in [1.165, 1.54) is 12.1 Å². The molecule has 2 aromatic carbocycles. The Balaban J connectivity index is 1.98. The molecule has 0 saturated carbocycles. The largest absolute Gasteiger partial charge is 0.506 e. The molecule has 0 aliphatic carbocycles. The van der Waals surface area contributed by atoms with Gasteiger partial charge in [0.15, 0.2) is 0 Å². The number of rotatable bonds is 1. The lowest BCUT2D eigenvalue weighted by atomic mass is 9.84. The van der Waals surface area contributed by atoms with E-state index >= 15 is 0 Å². The molecule has 1 heterocycles. The molecule has 5 heteroatoms. The van der Waals surface area contributed by atoms with Gasteiger partial charge >= 0.3 is 6.18 Å². The van der Waals surface area contributed by atoms with Crippen molar-refractivity contribution >= 4 is 5.69 Å². The van der Waals surface area contributed by atoms with Crippen LogP contribution in [0.25, 0.3) is 0 Å². The molecule has 0 radical (unpaired) electrons. The van der Waals surface area contributed by atoms with Crippen LogP contribution in [-0.2, 0) is 6.18 Å². The minimum absolute atomic E-state index is 0.00404. The molecule has 1 aliphatic heterocycles. The van der Waals surface area contributed by atoms with Crippen LogP contribution in [0.5, 0.6) is 5.75 Å². The first-order valence-corrected chi connectivity index (χ1v) is 6.70. The van der Waals surface area contributed by atoms with Gasteiger partial charge in [0.1, 0.15) is 5.75 Å². The first-order valence-electron chi connectivity index (χ1n) is 6.70. The van der Waals surface area contributed by atoms with Crippen LogP contribution in [0.15, 0.2) is 42.5 Å². The van der Waals surface area contributed by atoms with E-state index < -0.39 is 11.7 Å². The van der Waals surface area contributed by atoms with Gasteiger partial charge in [-0.25, -0.2) is 0 Å². The van der Waals surface area contributed by atoms with E-state index in [1.54, 1.807) is 12.1 Å². The van der Waals surface area contributed by atoms with Gasteiger partial charge in [0.2, 0.25) is 0 Å². The van der Waals surface area contributed by atoms with Gasteiger partial charge in [-0.3, -0.25) is 0 Å². The molecule has 2 N–H and O–H groups in total. The number of hydrogen-bond acceptors (Lipinski definition) is 2. The maximum atomic E-state index is 12.6. The van der Waals surface area contributed by atoms with E-state index in [-0.39, 0.29) is 11.7 Å². The molecule has 2 nitrogen and oxygen atoms in total. The van der Waals surface area contributed by atoms with E-state index in [4.69, 9.17) is 0 Å². The van der Waals surface area contributed by atoms with Gasteiger partial charge in [-0.15, -0.1) is 0 Å². The van der Waals surface area contributed by atoms with E-state index in [2.05, 4.69) is 5.32 Å². The highest BCUT2D eigenvalue weighted by Gasteiger charge is 2.31. The van der Waals surface area contributed by atoms with Crippen LogP contribution >= 0.6 is 0 Å². The van der Waals surface area contributed by atoms with Crippen molar-refractivity contribution < 1.29 is 18.3 Å². The number of halogens is 3.